The molecule has 4 saturated carbocycles. The topological polar surface area (TPSA) is 66.4 Å². The molecule has 0 saturated heterocycles. The fourth-order valence-corrected chi connectivity index (χ4v) is 7.57. The van der Waals surface area contributed by atoms with Crippen molar-refractivity contribution in [2.24, 2.45) is 21.7 Å². The first-order valence-electron chi connectivity index (χ1n) is 9.20. The molecule has 0 aromatic heterocycles. The molecule has 0 spiro atoms. The van der Waals surface area contributed by atoms with E-state index in [0.717, 1.165) is 19.3 Å². The van der Waals surface area contributed by atoms with E-state index in [1.165, 1.54) is 19.3 Å². The molecule has 1 aromatic carbocycles. The smallest absolute Gasteiger partial charge is 0.337 e. The predicted molar refractivity (Wildman–Crippen MR) is 96.5 cm³/mol. The van der Waals surface area contributed by atoms with Crippen molar-refractivity contribution in [1.82, 2.24) is 0 Å². The highest BCUT2D eigenvalue weighted by atomic mass is 16.4. The summed E-state index contributed by atoms with van der Waals surface area (Å²) in [6, 6.07) is 6.69. The summed E-state index contributed by atoms with van der Waals surface area (Å²) in [6.07, 6.45) is 6.38. The van der Waals surface area contributed by atoms with Crippen LogP contribution in [0.1, 0.15) is 69.7 Å². The van der Waals surface area contributed by atoms with Gasteiger partial charge in [-0.05, 0) is 66.9 Å². The fourth-order valence-electron chi connectivity index (χ4n) is 7.57. The Morgan fingerprint density at radius 1 is 0.880 bits per heavy atom. The third-order valence-electron chi connectivity index (χ3n) is 6.74. The molecule has 0 aliphatic heterocycles. The van der Waals surface area contributed by atoms with Crippen LogP contribution >= 0.6 is 0 Å². The molecule has 4 heteroatoms. The summed E-state index contributed by atoms with van der Waals surface area (Å²) in [4.78, 5) is 24.8. The molecule has 0 unspecified atom stereocenters. The SMILES string of the molecule is CC12CC3(C)CC(C)(C1)CC(C(=O)Nc1ccccc1C(=O)O)(C2)C3. The molecular formula is C21H27NO3. The number of carbonyl (C=O) groups excluding carboxylic acids is 1. The summed E-state index contributed by atoms with van der Waals surface area (Å²) in [7, 11) is 0. The maximum Gasteiger partial charge on any atom is 0.337 e. The number of carboxylic acids is 1. The van der Waals surface area contributed by atoms with E-state index in [1.54, 1.807) is 24.3 Å². The van der Waals surface area contributed by atoms with Crippen LogP contribution in [0, 0.1) is 21.7 Å². The van der Waals surface area contributed by atoms with Gasteiger partial charge in [0.2, 0.25) is 5.91 Å². The maximum absolute atomic E-state index is 13.4. The van der Waals surface area contributed by atoms with Crippen molar-refractivity contribution in [3.63, 3.8) is 0 Å². The van der Waals surface area contributed by atoms with E-state index in [4.69, 9.17) is 0 Å². The van der Waals surface area contributed by atoms with Gasteiger partial charge in [0.05, 0.1) is 16.7 Å². The number of hydrogen-bond donors (Lipinski definition) is 2. The van der Waals surface area contributed by atoms with Gasteiger partial charge in [0.1, 0.15) is 0 Å². The molecule has 4 nitrogen and oxygen atoms in total. The molecule has 4 fully saturated rings. The highest BCUT2D eigenvalue weighted by molar-refractivity contribution is 6.02. The summed E-state index contributed by atoms with van der Waals surface area (Å²) in [5, 5.41) is 12.4. The van der Waals surface area contributed by atoms with Crippen molar-refractivity contribution >= 4 is 17.6 Å². The molecule has 0 radical (unpaired) electrons. The van der Waals surface area contributed by atoms with Crippen molar-refractivity contribution in [1.29, 1.82) is 0 Å². The molecule has 1 amide bonds. The third-order valence-corrected chi connectivity index (χ3v) is 6.74. The fraction of sp³-hybridized carbons (Fsp3) is 0.619. The van der Waals surface area contributed by atoms with Crippen molar-refractivity contribution < 1.29 is 14.7 Å². The van der Waals surface area contributed by atoms with Crippen LogP contribution in [0.15, 0.2) is 24.3 Å². The number of carbonyl (C=O) groups is 2. The largest absolute Gasteiger partial charge is 0.478 e. The second-order valence-electron chi connectivity index (χ2n) is 10.1. The van der Waals surface area contributed by atoms with Crippen molar-refractivity contribution in [2.45, 2.75) is 59.3 Å². The first kappa shape index (κ1) is 16.6. The summed E-state index contributed by atoms with van der Waals surface area (Å²) in [5.74, 6) is -0.990. The van der Waals surface area contributed by atoms with Gasteiger partial charge in [-0.15, -0.1) is 0 Å². The predicted octanol–water partition coefficient (Wildman–Crippen LogP) is 4.71. The average molecular weight is 341 g/mol. The number of para-hydroxylation sites is 1. The van der Waals surface area contributed by atoms with Crippen LogP contribution in [-0.2, 0) is 4.79 Å². The summed E-state index contributed by atoms with van der Waals surface area (Å²) >= 11 is 0. The minimum atomic E-state index is -1.01. The lowest BCUT2D eigenvalue weighted by molar-refractivity contribution is -0.188. The quantitative estimate of drug-likeness (QED) is 0.836. The molecule has 0 atom stereocenters. The van der Waals surface area contributed by atoms with Crippen LogP contribution < -0.4 is 5.32 Å². The zero-order valence-electron chi connectivity index (χ0n) is 15.3. The number of anilines is 1. The second kappa shape index (κ2) is 4.87. The van der Waals surface area contributed by atoms with Gasteiger partial charge in [-0.1, -0.05) is 32.9 Å². The van der Waals surface area contributed by atoms with Crippen molar-refractivity contribution in [2.75, 3.05) is 5.32 Å². The number of aromatic carboxylic acids is 1. The van der Waals surface area contributed by atoms with Crippen molar-refractivity contribution in [3.05, 3.63) is 29.8 Å². The van der Waals surface area contributed by atoms with E-state index < -0.39 is 5.97 Å². The Kier molecular flexibility index (Phi) is 3.23. The third kappa shape index (κ3) is 2.57. The number of benzene rings is 1. The van der Waals surface area contributed by atoms with Crippen LogP contribution in [0.4, 0.5) is 5.69 Å². The van der Waals surface area contributed by atoms with Crippen molar-refractivity contribution in [3.8, 4) is 0 Å². The highest BCUT2D eigenvalue weighted by Crippen LogP contribution is 2.73. The van der Waals surface area contributed by atoms with E-state index in [0.29, 0.717) is 5.69 Å². The summed E-state index contributed by atoms with van der Waals surface area (Å²) in [5.41, 5.74) is 0.880. The van der Waals surface area contributed by atoms with Crippen LogP contribution in [0.5, 0.6) is 0 Å². The number of nitrogens with one attached hydrogen (secondary N) is 1. The Labute approximate surface area is 149 Å². The van der Waals surface area contributed by atoms with Gasteiger partial charge in [-0.25, -0.2) is 4.79 Å². The lowest BCUT2D eigenvalue weighted by Gasteiger charge is -2.68. The van der Waals surface area contributed by atoms with Crippen LogP contribution in [0.3, 0.4) is 0 Å². The zero-order chi connectivity index (χ0) is 18.1. The zero-order valence-corrected chi connectivity index (χ0v) is 15.3. The first-order valence-corrected chi connectivity index (χ1v) is 9.20. The molecule has 4 aliphatic rings. The summed E-state index contributed by atoms with van der Waals surface area (Å²) < 4.78 is 0. The van der Waals surface area contributed by atoms with E-state index >= 15 is 0 Å². The van der Waals surface area contributed by atoms with Gasteiger partial charge in [0.15, 0.2) is 0 Å². The molecule has 5 rings (SSSR count). The van der Waals surface area contributed by atoms with Crippen LogP contribution in [0.2, 0.25) is 0 Å². The molecule has 1 aromatic rings. The maximum atomic E-state index is 13.4. The van der Waals surface area contributed by atoms with E-state index in [9.17, 15) is 14.7 Å². The number of hydrogen-bond acceptors (Lipinski definition) is 2. The lowest BCUT2D eigenvalue weighted by Crippen LogP contribution is -2.62. The van der Waals surface area contributed by atoms with E-state index in [1.807, 2.05) is 0 Å². The monoisotopic (exact) mass is 341 g/mol. The number of carboxylic acid groups (broad SMARTS) is 1. The Bertz CT molecular complexity index is 715. The molecule has 2 N–H and O–H groups in total. The first-order chi connectivity index (χ1) is 11.6. The van der Waals surface area contributed by atoms with Gasteiger partial charge in [0, 0.05) is 0 Å². The standard InChI is InChI=1S/C21H27NO3/c1-18-8-19(2)10-20(3,9-18)13-21(11-18,12-19)17(25)22-15-7-5-4-6-14(15)16(23)24/h4-7H,8-13H2,1-3H3,(H,22,25)(H,23,24). The minimum Gasteiger partial charge on any atom is -0.478 e. The van der Waals surface area contributed by atoms with E-state index in [-0.39, 0.29) is 33.1 Å². The Balaban J connectivity index is 1.68. The van der Waals surface area contributed by atoms with Crippen LogP contribution in [-0.4, -0.2) is 17.0 Å². The Morgan fingerprint density at radius 2 is 1.36 bits per heavy atom. The van der Waals surface area contributed by atoms with Gasteiger partial charge < -0.3 is 10.4 Å². The molecule has 0 heterocycles. The summed E-state index contributed by atoms with van der Waals surface area (Å²) in [6.45, 7) is 7.02. The average Bonchev–Trinajstić information content (AvgIpc) is 2.42. The molecule has 4 bridgehead atoms. The number of rotatable bonds is 3. The Hall–Kier alpha value is -1.84. The second-order valence-corrected chi connectivity index (χ2v) is 10.1. The van der Waals surface area contributed by atoms with E-state index in [2.05, 4.69) is 26.1 Å². The van der Waals surface area contributed by atoms with Gasteiger partial charge in [0.25, 0.3) is 0 Å². The van der Waals surface area contributed by atoms with Gasteiger partial charge in [-0.2, -0.15) is 0 Å². The molecule has 134 valence electrons. The minimum absolute atomic E-state index is 0.0176. The van der Waals surface area contributed by atoms with Gasteiger partial charge >= 0.3 is 5.97 Å². The lowest BCUT2D eigenvalue weighted by atomic mass is 9.36. The van der Waals surface area contributed by atoms with Crippen LogP contribution in [0.25, 0.3) is 0 Å². The molecule has 25 heavy (non-hydrogen) atoms. The highest BCUT2D eigenvalue weighted by Gasteiger charge is 2.66. The number of amides is 1. The molecular weight excluding hydrogens is 314 g/mol. The Morgan fingerprint density at radius 3 is 1.84 bits per heavy atom. The molecule has 4 aliphatic carbocycles. The van der Waals surface area contributed by atoms with Gasteiger partial charge in [-0.3, -0.25) is 4.79 Å². The normalized spacial score (nSPS) is 41.6.